The van der Waals surface area contributed by atoms with Crippen molar-refractivity contribution in [2.75, 3.05) is 0 Å². The van der Waals surface area contributed by atoms with Crippen LogP contribution in [0.2, 0.25) is 10.0 Å². The van der Waals surface area contributed by atoms with Gasteiger partial charge in [-0.05, 0) is 37.1 Å². The normalized spacial score (nSPS) is 10.5. The summed E-state index contributed by atoms with van der Waals surface area (Å²) in [5, 5.41) is 1.12. The summed E-state index contributed by atoms with van der Waals surface area (Å²) in [6.45, 7) is 4.07. The Morgan fingerprint density at radius 3 is 2.38 bits per heavy atom. The van der Waals surface area contributed by atoms with E-state index < -0.39 is 0 Å². The van der Waals surface area contributed by atoms with Gasteiger partial charge in [-0.15, -0.1) is 0 Å². The molecule has 3 heteroatoms. The zero-order chi connectivity index (χ0) is 11.7. The number of aryl methyl sites for hydroxylation is 2. The molecule has 2 aromatic rings. The second-order valence-corrected chi connectivity index (χ2v) is 4.62. The maximum absolute atomic E-state index is 5.99. The fourth-order valence-corrected chi connectivity index (χ4v) is 1.96. The number of hydrogen-bond donors (Lipinski definition) is 0. The molecule has 0 atom stereocenters. The number of nitrogens with zero attached hydrogens (tertiary/aromatic N) is 1. The van der Waals surface area contributed by atoms with Gasteiger partial charge in [0.05, 0.1) is 15.7 Å². The number of rotatable bonds is 1. The Morgan fingerprint density at radius 1 is 1.00 bits per heavy atom. The molecule has 0 amide bonds. The second kappa shape index (κ2) is 4.44. The molecule has 0 bridgehead atoms. The van der Waals surface area contributed by atoms with Gasteiger partial charge < -0.3 is 0 Å². The second-order valence-electron chi connectivity index (χ2n) is 3.81. The Labute approximate surface area is 105 Å². The lowest BCUT2D eigenvalue weighted by Gasteiger charge is -2.06. The van der Waals surface area contributed by atoms with Crippen LogP contribution < -0.4 is 0 Å². The van der Waals surface area contributed by atoms with Gasteiger partial charge in [0, 0.05) is 11.8 Å². The highest BCUT2D eigenvalue weighted by Gasteiger charge is 2.06. The van der Waals surface area contributed by atoms with Crippen LogP contribution in [0.15, 0.2) is 30.5 Å². The number of hydrogen-bond acceptors (Lipinski definition) is 1. The van der Waals surface area contributed by atoms with Crippen LogP contribution >= 0.6 is 23.2 Å². The Kier molecular flexibility index (Phi) is 3.17. The zero-order valence-electron chi connectivity index (χ0n) is 9.09. The van der Waals surface area contributed by atoms with E-state index in [2.05, 4.69) is 11.1 Å². The first-order chi connectivity index (χ1) is 7.58. The van der Waals surface area contributed by atoms with E-state index in [0.29, 0.717) is 10.0 Å². The quantitative estimate of drug-likeness (QED) is 0.718. The van der Waals surface area contributed by atoms with Crippen molar-refractivity contribution in [3.05, 3.63) is 51.6 Å². The molecule has 0 saturated carbocycles. The summed E-state index contributed by atoms with van der Waals surface area (Å²) in [5.74, 6) is 0. The van der Waals surface area contributed by atoms with E-state index in [1.807, 2.05) is 32.2 Å². The Hall–Kier alpha value is -1.05. The van der Waals surface area contributed by atoms with Gasteiger partial charge in [0.2, 0.25) is 0 Å². The van der Waals surface area contributed by atoms with Gasteiger partial charge in [0.25, 0.3) is 0 Å². The van der Waals surface area contributed by atoms with E-state index in [-0.39, 0.29) is 0 Å². The first-order valence-corrected chi connectivity index (χ1v) is 5.72. The molecule has 2 rings (SSSR count). The highest BCUT2D eigenvalue weighted by atomic mass is 35.5. The molecule has 0 N–H and O–H groups in total. The van der Waals surface area contributed by atoms with Crippen LogP contribution in [0.3, 0.4) is 0 Å². The van der Waals surface area contributed by atoms with Crippen LogP contribution in [-0.4, -0.2) is 4.98 Å². The van der Waals surface area contributed by atoms with Crippen molar-refractivity contribution in [1.29, 1.82) is 0 Å². The summed E-state index contributed by atoms with van der Waals surface area (Å²) in [6, 6.07) is 7.67. The number of aromatic nitrogens is 1. The monoisotopic (exact) mass is 251 g/mol. The predicted octanol–water partition coefficient (Wildman–Crippen LogP) is 4.67. The lowest BCUT2D eigenvalue weighted by molar-refractivity contribution is 1.22. The van der Waals surface area contributed by atoms with Crippen molar-refractivity contribution >= 4 is 23.2 Å². The highest BCUT2D eigenvalue weighted by Crippen LogP contribution is 2.29. The largest absolute Gasteiger partial charge is 0.256 e. The van der Waals surface area contributed by atoms with Gasteiger partial charge in [0.15, 0.2) is 0 Å². The minimum Gasteiger partial charge on any atom is -0.256 e. The van der Waals surface area contributed by atoms with Crippen LogP contribution in [0.25, 0.3) is 11.3 Å². The van der Waals surface area contributed by atoms with Gasteiger partial charge in [-0.25, -0.2) is 0 Å². The molecule has 0 saturated heterocycles. The third-order valence-corrected chi connectivity index (χ3v) is 3.15. The third-order valence-electron chi connectivity index (χ3n) is 2.41. The van der Waals surface area contributed by atoms with Crippen LogP contribution in [0, 0.1) is 13.8 Å². The zero-order valence-corrected chi connectivity index (χ0v) is 10.6. The highest BCUT2D eigenvalue weighted by molar-refractivity contribution is 6.42. The minimum absolute atomic E-state index is 0.556. The molecule has 0 spiro atoms. The Bertz CT molecular complexity index is 535. The first kappa shape index (κ1) is 11.4. The molecule has 0 aliphatic carbocycles. The van der Waals surface area contributed by atoms with Crippen molar-refractivity contribution < 1.29 is 0 Å². The van der Waals surface area contributed by atoms with E-state index in [9.17, 15) is 0 Å². The summed E-state index contributed by atoms with van der Waals surface area (Å²) in [5.41, 5.74) is 4.23. The van der Waals surface area contributed by atoms with E-state index in [1.165, 1.54) is 0 Å². The molecule has 16 heavy (non-hydrogen) atoms. The van der Waals surface area contributed by atoms with Crippen molar-refractivity contribution in [2.45, 2.75) is 13.8 Å². The molecule has 0 aliphatic heterocycles. The molecular formula is C13H11Cl2N. The van der Waals surface area contributed by atoms with E-state index in [1.54, 1.807) is 6.07 Å². The fraction of sp³-hybridized carbons (Fsp3) is 0.154. The predicted molar refractivity (Wildman–Crippen MR) is 69.2 cm³/mol. The number of pyridine rings is 1. The average molecular weight is 252 g/mol. The van der Waals surface area contributed by atoms with Crippen molar-refractivity contribution in [3.63, 3.8) is 0 Å². The molecule has 0 radical (unpaired) electrons. The van der Waals surface area contributed by atoms with Gasteiger partial charge in [0.1, 0.15) is 0 Å². The summed E-state index contributed by atoms with van der Waals surface area (Å²) >= 11 is 11.9. The maximum atomic E-state index is 5.99. The van der Waals surface area contributed by atoms with Crippen molar-refractivity contribution in [2.24, 2.45) is 0 Å². The van der Waals surface area contributed by atoms with Gasteiger partial charge in [-0.3, -0.25) is 4.98 Å². The van der Waals surface area contributed by atoms with E-state index >= 15 is 0 Å². The Balaban J connectivity index is 2.54. The lowest BCUT2D eigenvalue weighted by Crippen LogP contribution is -1.89. The Morgan fingerprint density at radius 2 is 1.75 bits per heavy atom. The summed E-state index contributed by atoms with van der Waals surface area (Å²) in [6.07, 6.45) is 1.85. The average Bonchev–Trinajstić information content (AvgIpc) is 2.22. The van der Waals surface area contributed by atoms with Crippen molar-refractivity contribution in [1.82, 2.24) is 4.98 Å². The van der Waals surface area contributed by atoms with Crippen molar-refractivity contribution in [3.8, 4) is 11.3 Å². The fourth-order valence-electron chi connectivity index (χ4n) is 1.66. The van der Waals surface area contributed by atoms with Crippen LogP contribution in [0.4, 0.5) is 0 Å². The van der Waals surface area contributed by atoms with Crippen LogP contribution in [0.5, 0.6) is 0 Å². The molecule has 1 nitrogen and oxygen atoms in total. The lowest BCUT2D eigenvalue weighted by atomic mass is 10.1. The molecule has 0 fully saturated rings. The number of benzene rings is 1. The number of halogens is 2. The molecule has 0 aliphatic rings. The summed E-state index contributed by atoms with van der Waals surface area (Å²) in [4.78, 5) is 4.42. The third kappa shape index (κ3) is 2.21. The summed E-state index contributed by atoms with van der Waals surface area (Å²) in [7, 11) is 0. The summed E-state index contributed by atoms with van der Waals surface area (Å²) < 4.78 is 0. The van der Waals surface area contributed by atoms with Gasteiger partial charge in [-0.1, -0.05) is 35.3 Å². The SMILES string of the molecule is Cc1cnc(-c2ccc(Cl)c(Cl)c2)c(C)c1. The molecule has 0 unspecified atom stereocenters. The van der Waals surface area contributed by atoms with Gasteiger partial charge >= 0.3 is 0 Å². The van der Waals surface area contributed by atoms with E-state index in [4.69, 9.17) is 23.2 Å². The van der Waals surface area contributed by atoms with Crippen LogP contribution in [-0.2, 0) is 0 Å². The topological polar surface area (TPSA) is 12.9 Å². The van der Waals surface area contributed by atoms with E-state index in [0.717, 1.165) is 22.4 Å². The minimum atomic E-state index is 0.556. The molecule has 1 aromatic heterocycles. The van der Waals surface area contributed by atoms with Crippen LogP contribution in [0.1, 0.15) is 11.1 Å². The molecule has 1 aromatic carbocycles. The maximum Gasteiger partial charge on any atom is 0.0731 e. The first-order valence-electron chi connectivity index (χ1n) is 4.96. The molecule has 82 valence electrons. The standard InChI is InChI=1S/C13H11Cl2N/c1-8-5-9(2)13(16-7-8)10-3-4-11(14)12(15)6-10/h3-7H,1-2H3. The smallest absolute Gasteiger partial charge is 0.0731 e. The van der Waals surface area contributed by atoms with Gasteiger partial charge in [-0.2, -0.15) is 0 Å². The molecular weight excluding hydrogens is 241 g/mol. The molecule has 1 heterocycles.